The fraction of sp³-hybridized carbons (Fsp3) is 0.571. The Morgan fingerprint density at radius 3 is 2.10 bits per heavy atom. The summed E-state index contributed by atoms with van der Waals surface area (Å²) in [5, 5.41) is 10.1. The molecule has 0 saturated carbocycles. The van der Waals surface area contributed by atoms with Crippen molar-refractivity contribution < 1.29 is 18.3 Å². The van der Waals surface area contributed by atoms with E-state index in [2.05, 4.69) is 0 Å². The lowest BCUT2D eigenvalue weighted by Gasteiger charge is -2.35. The van der Waals surface area contributed by atoms with Gasteiger partial charge in [0, 0.05) is 32.7 Å². The van der Waals surface area contributed by atoms with Crippen LogP contribution in [0.4, 0.5) is 13.2 Å². The van der Waals surface area contributed by atoms with Crippen LogP contribution in [0.5, 0.6) is 0 Å². The number of rotatable bonds is 4. The quantitative estimate of drug-likeness (QED) is 0.916. The van der Waals surface area contributed by atoms with Crippen LogP contribution >= 0.6 is 0 Å². The van der Waals surface area contributed by atoms with E-state index in [-0.39, 0.29) is 0 Å². The molecule has 6 heteroatoms. The van der Waals surface area contributed by atoms with Gasteiger partial charge < -0.3 is 5.11 Å². The standard InChI is InChI=1S/C14H19F3N2O/c15-14(16,17)11-19-8-6-18(7-9-19)10-13(20)12-4-2-1-3-5-12/h1-5,13,20H,6-11H2. The van der Waals surface area contributed by atoms with Crippen molar-refractivity contribution in [1.82, 2.24) is 9.80 Å². The average Bonchev–Trinajstić information content (AvgIpc) is 2.40. The Morgan fingerprint density at radius 2 is 1.55 bits per heavy atom. The van der Waals surface area contributed by atoms with E-state index in [0.29, 0.717) is 32.7 Å². The molecule has 2 rings (SSSR count). The summed E-state index contributed by atoms with van der Waals surface area (Å²) >= 11 is 0. The van der Waals surface area contributed by atoms with E-state index in [9.17, 15) is 18.3 Å². The molecule has 0 aromatic heterocycles. The lowest BCUT2D eigenvalue weighted by atomic mass is 10.1. The zero-order valence-electron chi connectivity index (χ0n) is 11.2. The van der Waals surface area contributed by atoms with Crippen molar-refractivity contribution in [3.63, 3.8) is 0 Å². The molecular weight excluding hydrogens is 269 g/mol. The van der Waals surface area contributed by atoms with Gasteiger partial charge in [0.25, 0.3) is 0 Å². The Balaban J connectivity index is 1.77. The van der Waals surface area contributed by atoms with Crippen molar-refractivity contribution in [1.29, 1.82) is 0 Å². The number of benzene rings is 1. The van der Waals surface area contributed by atoms with E-state index in [4.69, 9.17) is 0 Å². The maximum atomic E-state index is 12.3. The number of nitrogens with zero attached hydrogens (tertiary/aromatic N) is 2. The van der Waals surface area contributed by atoms with E-state index in [1.165, 1.54) is 4.90 Å². The summed E-state index contributed by atoms with van der Waals surface area (Å²) in [5.74, 6) is 0. The SMILES string of the molecule is OC(CN1CCN(CC(F)(F)F)CC1)c1ccccc1. The summed E-state index contributed by atoms with van der Waals surface area (Å²) in [6, 6.07) is 9.31. The molecule has 0 bridgehead atoms. The van der Waals surface area contributed by atoms with Crippen LogP contribution in [0.25, 0.3) is 0 Å². The molecule has 1 aromatic rings. The Kier molecular flexibility index (Phi) is 5.01. The molecule has 20 heavy (non-hydrogen) atoms. The molecule has 1 saturated heterocycles. The van der Waals surface area contributed by atoms with Gasteiger partial charge in [0.15, 0.2) is 0 Å². The molecule has 0 spiro atoms. The minimum absolute atomic E-state index is 0.390. The highest BCUT2D eigenvalue weighted by Crippen LogP contribution is 2.19. The number of alkyl halides is 3. The molecule has 1 aliphatic rings. The smallest absolute Gasteiger partial charge is 0.387 e. The van der Waals surface area contributed by atoms with E-state index in [0.717, 1.165) is 5.56 Å². The van der Waals surface area contributed by atoms with Gasteiger partial charge >= 0.3 is 6.18 Å². The minimum atomic E-state index is -4.13. The largest absolute Gasteiger partial charge is 0.401 e. The molecule has 112 valence electrons. The van der Waals surface area contributed by atoms with Gasteiger partial charge in [-0.25, -0.2) is 0 Å². The molecule has 0 aliphatic carbocycles. The Hall–Kier alpha value is -1.11. The van der Waals surface area contributed by atoms with Crippen LogP contribution < -0.4 is 0 Å². The third kappa shape index (κ3) is 4.77. The molecule has 1 heterocycles. The first-order valence-corrected chi connectivity index (χ1v) is 6.68. The maximum Gasteiger partial charge on any atom is 0.401 e. The fourth-order valence-corrected chi connectivity index (χ4v) is 2.41. The molecule has 1 aromatic carbocycles. The van der Waals surface area contributed by atoms with E-state index in [1.807, 2.05) is 35.2 Å². The third-order valence-electron chi connectivity index (χ3n) is 3.48. The van der Waals surface area contributed by atoms with Crippen LogP contribution in [0.2, 0.25) is 0 Å². The maximum absolute atomic E-state index is 12.3. The number of aliphatic hydroxyl groups excluding tert-OH is 1. The molecule has 1 atom stereocenters. The summed E-state index contributed by atoms with van der Waals surface area (Å²) in [7, 11) is 0. The number of β-amino-alcohol motifs (C(OH)–C–C–N with tert-alkyl or cyclic N) is 1. The molecule has 1 fully saturated rings. The predicted molar refractivity (Wildman–Crippen MR) is 70.3 cm³/mol. The van der Waals surface area contributed by atoms with Crippen LogP contribution in [-0.2, 0) is 0 Å². The first-order valence-electron chi connectivity index (χ1n) is 6.68. The summed E-state index contributed by atoms with van der Waals surface area (Å²) in [5.41, 5.74) is 0.838. The second kappa shape index (κ2) is 6.56. The van der Waals surface area contributed by atoms with Gasteiger partial charge in [-0.05, 0) is 5.56 Å². The van der Waals surface area contributed by atoms with Gasteiger partial charge in [-0.2, -0.15) is 13.2 Å². The van der Waals surface area contributed by atoms with Crippen LogP contribution in [0, 0.1) is 0 Å². The average molecular weight is 288 g/mol. The summed E-state index contributed by atoms with van der Waals surface area (Å²) in [6.45, 7) is 1.51. The fourth-order valence-electron chi connectivity index (χ4n) is 2.41. The number of piperazine rings is 1. The van der Waals surface area contributed by atoms with Gasteiger partial charge in [0.2, 0.25) is 0 Å². The highest BCUT2D eigenvalue weighted by atomic mass is 19.4. The minimum Gasteiger partial charge on any atom is -0.387 e. The van der Waals surface area contributed by atoms with Crippen molar-refractivity contribution in [2.75, 3.05) is 39.3 Å². The molecule has 0 radical (unpaired) electrons. The van der Waals surface area contributed by atoms with Gasteiger partial charge in [-0.1, -0.05) is 30.3 Å². The normalized spacial score (nSPS) is 20.0. The van der Waals surface area contributed by atoms with Crippen LogP contribution in [0.3, 0.4) is 0 Å². The monoisotopic (exact) mass is 288 g/mol. The van der Waals surface area contributed by atoms with E-state index in [1.54, 1.807) is 0 Å². The summed E-state index contributed by atoms with van der Waals surface area (Å²) in [6.07, 6.45) is -4.73. The Bertz CT molecular complexity index is 403. The van der Waals surface area contributed by atoms with Gasteiger partial charge in [0.05, 0.1) is 12.6 Å². The Labute approximate surface area is 116 Å². The summed E-state index contributed by atoms with van der Waals surface area (Å²) in [4.78, 5) is 3.41. The molecule has 1 aliphatic heterocycles. The van der Waals surface area contributed by atoms with Gasteiger partial charge in [-0.3, -0.25) is 9.80 Å². The Morgan fingerprint density at radius 1 is 1.00 bits per heavy atom. The zero-order chi connectivity index (χ0) is 14.6. The first-order chi connectivity index (χ1) is 9.44. The molecule has 1 unspecified atom stereocenters. The van der Waals surface area contributed by atoms with Crippen molar-refractivity contribution in [3.05, 3.63) is 35.9 Å². The molecule has 3 nitrogen and oxygen atoms in total. The second-order valence-corrected chi connectivity index (χ2v) is 5.12. The van der Waals surface area contributed by atoms with Crippen molar-refractivity contribution >= 4 is 0 Å². The highest BCUT2D eigenvalue weighted by molar-refractivity contribution is 5.17. The zero-order valence-corrected chi connectivity index (χ0v) is 11.2. The molecule has 0 amide bonds. The number of aliphatic hydroxyl groups is 1. The lowest BCUT2D eigenvalue weighted by molar-refractivity contribution is -0.149. The summed E-state index contributed by atoms with van der Waals surface area (Å²) < 4.78 is 36.8. The first kappa shape index (κ1) is 15.3. The number of hydrogen-bond donors (Lipinski definition) is 1. The number of halogens is 3. The molecular formula is C14H19F3N2O. The van der Waals surface area contributed by atoms with Crippen molar-refractivity contribution in [2.24, 2.45) is 0 Å². The predicted octanol–water partition coefficient (Wildman–Crippen LogP) is 1.90. The van der Waals surface area contributed by atoms with Crippen LogP contribution in [0.1, 0.15) is 11.7 Å². The second-order valence-electron chi connectivity index (χ2n) is 5.12. The third-order valence-corrected chi connectivity index (χ3v) is 3.48. The highest BCUT2D eigenvalue weighted by Gasteiger charge is 2.32. The van der Waals surface area contributed by atoms with Crippen LogP contribution in [0.15, 0.2) is 30.3 Å². The van der Waals surface area contributed by atoms with E-state index < -0.39 is 18.8 Å². The lowest BCUT2D eigenvalue weighted by Crippen LogP contribution is -2.49. The van der Waals surface area contributed by atoms with Crippen LogP contribution in [-0.4, -0.2) is 60.4 Å². The topological polar surface area (TPSA) is 26.7 Å². The van der Waals surface area contributed by atoms with Crippen molar-refractivity contribution in [3.8, 4) is 0 Å². The van der Waals surface area contributed by atoms with E-state index >= 15 is 0 Å². The van der Waals surface area contributed by atoms with Gasteiger partial charge in [0.1, 0.15) is 0 Å². The van der Waals surface area contributed by atoms with Crippen molar-refractivity contribution in [2.45, 2.75) is 12.3 Å². The molecule has 1 N–H and O–H groups in total. The number of hydrogen-bond acceptors (Lipinski definition) is 3. The van der Waals surface area contributed by atoms with Gasteiger partial charge in [-0.15, -0.1) is 0 Å².